The third-order valence-electron chi connectivity index (χ3n) is 4.12. The number of aromatic nitrogens is 2. The Balaban J connectivity index is 2.71. The second-order valence-corrected chi connectivity index (χ2v) is 8.51. The van der Waals surface area contributed by atoms with E-state index in [0.717, 1.165) is 10.6 Å². The van der Waals surface area contributed by atoms with Crippen LogP contribution in [-0.2, 0) is 20.8 Å². The Hall–Kier alpha value is -3.76. The highest BCUT2D eigenvalue weighted by Gasteiger charge is 2.23. The number of ether oxygens (including phenoxy) is 2. The number of esters is 2. The van der Waals surface area contributed by atoms with Crippen molar-refractivity contribution >= 4 is 23.4 Å². The van der Waals surface area contributed by atoms with Crippen molar-refractivity contribution in [1.29, 1.82) is 0 Å². The number of nitro groups is 1. The van der Waals surface area contributed by atoms with Crippen LogP contribution in [0.2, 0.25) is 0 Å². The smallest absolute Gasteiger partial charge is 0.338 e. The molecule has 1 heterocycles. The summed E-state index contributed by atoms with van der Waals surface area (Å²) in [5.41, 5.74) is -1.59. The molecule has 178 valence electrons. The number of rotatable bonds is 8. The lowest BCUT2D eigenvalue weighted by Gasteiger charge is -2.21. The van der Waals surface area contributed by atoms with Crippen molar-refractivity contribution in [3.63, 3.8) is 0 Å². The molecule has 2 rings (SSSR count). The van der Waals surface area contributed by atoms with Crippen molar-refractivity contribution in [2.75, 3.05) is 11.9 Å². The molecule has 0 bridgehead atoms. The summed E-state index contributed by atoms with van der Waals surface area (Å²) in [5.74, 6) is -1.42. The van der Waals surface area contributed by atoms with Gasteiger partial charge in [-0.2, -0.15) is 0 Å². The SMILES string of the molecule is CCOC(=O)c1cc(-c2cnc(NC(C)C)c(=O)n2CC(=O)OC(C)(C)C)cc([N+](=O)[O-])c1. The highest BCUT2D eigenvalue weighted by Crippen LogP contribution is 2.26. The first-order valence-corrected chi connectivity index (χ1v) is 10.4. The summed E-state index contributed by atoms with van der Waals surface area (Å²) in [6.07, 6.45) is 1.31. The second-order valence-electron chi connectivity index (χ2n) is 8.51. The fourth-order valence-electron chi connectivity index (χ4n) is 2.95. The van der Waals surface area contributed by atoms with E-state index in [9.17, 15) is 24.5 Å². The van der Waals surface area contributed by atoms with Crippen LogP contribution in [0, 0.1) is 10.1 Å². The summed E-state index contributed by atoms with van der Waals surface area (Å²) in [5, 5.41) is 14.4. The van der Waals surface area contributed by atoms with Gasteiger partial charge in [0.25, 0.3) is 11.2 Å². The number of hydrogen-bond donors (Lipinski definition) is 1. The van der Waals surface area contributed by atoms with Crippen molar-refractivity contribution in [2.24, 2.45) is 0 Å². The number of nitrogens with zero attached hydrogens (tertiary/aromatic N) is 3. The molecule has 1 aromatic carbocycles. The van der Waals surface area contributed by atoms with Gasteiger partial charge in [-0.3, -0.25) is 24.3 Å². The molecule has 0 aliphatic heterocycles. The predicted molar refractivity (Wildman–Crippen MR) is 121 cm³/mol. The Morgan fingerprint density at radius 1 is 1.24 bits per heavy atom. The maximum absolute atomic E-state index is 13.1. The number of carbonyl (C=O) groups is 2. The summed E-state index contributed by atoms with van der Waals surface area (Å²) in [7, 11) is 0. The van der Waals surface area contributed by atoms with Gasteiger partial charge in [-0.1, -0.05) is 0 Å². The topological polar surface area (TPSA) is 143 Å². The van der Waals surface area contributed by atoms with Crippen molar-refractivity contribution in [3.8, 4) is 11.3 Å². The number of non-ortho nitro benzene ring substituents is 1. The standard InChI is InChI=1S/C22H28N4O7/c1-7-32-21(29)15-8-14(9-16(10-15)26(30)31)17-11-23-19(24-13(2)3)20(28)25(17)12-18(27)33-22(4,5)6/h8-11,13H,7,12H2,1-6H3,(H,23,24). The fraction of sp³-hybridized carbons (Fsp3) is 0.455. The molecule has 2 aromatic rings. The summed E-state index contributed by atoms with van der Waals surface area (Å²) in [4.78, 5) is 52.9. The largest absolute Gasteiger partial charge is 0.462 e. The van der Waals surface area contributed by atoms with E-state index in [1.54, 1.807) is 27.7 Å². The van der Waals surface area contributed by atoms with Crippen LogP contribution in [0.5, 0.6) is 0 Å². The minimum absolute atomic E-state index is 0.00774. The molecule has 1 N–H and O–H groups in total. The normalized spacial score (nSPS) is 11.2. The fourth-order valence-corrected chi connectivity index (χ4v) is 2.95. The number of anilines is 1. The van der Waals surface area contributed by atoms with Gasteiger partial charge in [-0.25, -0.2) is 9.78 Å². The van der Waals surface area contributed by atoms with Gasteiger partial charge in [-0.15, -0.1) is 0 Å². The number of hydrogen-bond acceptors (Lipinski definition) is 9. The zero-order chi connectivity index (χ0) is 24.9. The molecule has 0 radical (unpaired) electrons. The van der Waals surface area contributed by atoms with Crippen molar-refractivity contribution in [3.05, 3.63) is 50.4 Å². The molecule has 0 amide bonds. The third kappa shape index (κ3) is 6.86. The third-order valence-corrected chi connectivity index (χ3v) is 4.12. The van der Waals surface area contributed by atoms with Crippen molar-refractivity contribution in [2.45, 2.75) is 59.7 Å². The molecule has 0 unspecified atom stereocenters. The van der Waals surface area contributed by atoms with Crippen LogP contribution in [0.3, 0.4) is 0 Å². The Morgan fingerprint density at radius 2 is 1.91 bits per heavy atom. The number of nitrogens with one attached hydrogen (secondary N) is 1. The summed E-state index contributed by atoms with van der Waals surface area (Å²) >= 11 is 0. The molecule has 0 atom stereocenters. The number of benzene rings is 1. The van der Waals surface area contributed by atoms with E-state index in [1.807, 2.05) is 13.8 Å². The van der Waals surface area contributed by atoms with E-state index in [-0.39, 0.29) is 41.0 Å². The van der Waals surface area contributed by atoms with Crippen LogP contribution in [0.1, 0.15) is 51.9 Å². The van der Waals surface area contributed by atoms with Gasteiger partial charge in [0, 0.05) is 23.7 Å². The summed E-state index contributed by atoms with van der Waals surface area (Å²) in [6.45, 7) is 9.95. The summed E-state index contributed by atoms with van der Waals surface area (Å²) < 4.78 is 11.4. The monoisotopic (exact) mass is 460 g/mol. The van der Waals surface area contributed by atoms with Gasteiger partial charge in [0.05, 0.1) is 29.0 Å². The Morgan fingerprint density at radius 3 is 2.45 bits per heavy atom. The van der Waals surface area contributed by atoms with E-state index in [2.05, 4.69) is 10.3 Å². The van der Waals surface area contributed by atoms with E-state index in [4.69, 9.17) is 9.47 Å². The lowest BCUT2D eigenvalue weighted by atomic mass is 10.1. The van der Waals surface area contributed by atoms with Gasteiger partial charge < -0.3 is 14.8 Å². The Bertz CT molecular complexity index is 1120. The second kappa shape index (κ2) is 10.2. The predicted octanol–water partition coefficient (Wildman–Crippen LogP) is 3.16. The minimum Gasteiger partial charge on any atom is -0.462 e. The molecular weight excluding hydrogens is 432 g/mol. The maximum Gasteiger partial charge on any atom is 0.338 e. The molecule has 1 aromatic heterocycles. The van der Waals surface area contributed by atoms with E-state index >= 15 is 0 Å². The lowest BCUT2D eigenvalue weighted by Crippen LogP contribution is -2.33. The van der Waals surface area contributed by atoms with Crippen molar-refractivity contribution in [1.82, 2.24) is 9.55 Å². The highest BCUT2D eigenvalue weighted by molar-refractivity contribution is 5.92. The Labute approximate surface area is 190 Å². The van der Waals surface area contributed by atoms with Crippen LogP contribution in [0.25, 0.3) is 11.3 Å². The van der Waals surface area contributed by atoms with Crippen LogP contribution >= 0.6 is 0 Å². The zero-order valence-corrected chi connectivity index (χ0v) is 19.5. The zero-order valence-electron chi connectivity index (χ0n) is 19.5. The number of nitro benzene ring substituents is 1. The average molecular weight is 460 g/mol. The lowest BCUT2D eigenvalue weighted by molar-refractivity contribution is -0.384. The van der Waals surface area contributed by atoms with E-state index < -0.39 is 34.6 Å². The van der Waals surface area contributed by atoms with E-state index in [0.29, 0.717) is 0 Å². The molecule has 0 saturated heterocycles. The molecule has 0 fully saturated rings. The van der Waals surface area contributed by atoms with Crippen LogP contribution in [0.15, 0.2) is 29.2 Å². The molecule has 0 aliphatic carbocycles. The van der Waals surface area contributed by atoms with Gasteiger partial charge in [-0.05, 0) is 47.6 Å². The average Bonchev–Trinajstić information content (AvgIpc) is 2.69. The molecule has 0 spiro atoms. The van der Waals surface area contributed by atoms with Gasteiger partial charge in [0.1, 0.15) is 12.1 Å². The van der Waals surface area contributed by atoms with Gasteiger partial charge in [0.15, 0.2) is 5.82 Å². The summed E-state index contributed by atoms with van der Waals surface area (Å²) in [6, 6.07) is 3.52. The minimum atomic E-state index is -0.782. The number of carbonyl (C=O) groups excluding carboxylic acids is 2. The molecule has 0 aliphatic rings. The van der Waals surface area contributed by atoms with Crippen LogP contribution in [0.4, 0.5) is 11.5 Å². The molecule has 33 heavy (non-hydrogen) atoms. The Kier molecular flexibility index (Phi) is 7.91. The van der Waals surface area contributed by atoms with E-state index in [1.165, 1.54) is 18.3 Å². The van der Waals surface area contributed by atoms with Crippen molar-refractivity contribution < 1.29 is 24.0 Å². The quantitative estimate of drug-likeness (QED) is 0.357. The first-order valence-electron chi connectivity index (χ1n) is 10.4. The highest BCUT2D eigenvalue weighted by atomic mass is 16.6. The molecular formula is C22H28N4O7. The van der Waals surface area contributed by atoms with Crippen LogP contribution < -0.4 is 10.9 Å². The first-order chi connectivity index (χ1) is 15.3. The first kappa shape index (κ1) is 25.5. The van der Waals surface area contributed by atoms with Gasteiger partial charge in [0.2, 0.25) is 0 Å². The maximum atomic E-state index is 13.1. The molecule has 11 heteroatoms. The molecule has 11 nitrogen and oxygen atoms in total. The van der Waals surface area contributed by atoms with Gasteiger partial charge >= 0.3 is 11.9 Å². The van der Waals surface area contributed by atoms with Crippen LogP contribution in [-0.4, -0.2) is 44.7 Å². The molecule has 0 saturated carbocycles.